The monoisotopic (exact) mass is 192 g/mol. The first-order valence-electron chi connectivity index (χ1n) is 4.32. The lowest BCUT2D eigenvalue weighted by Crippen LogP contribution is -1.74. The largest absolute Gasteiger partial charge is 0.381 e. The summed E-state index contributed by atoms with van der Waals surface area (Å²) < 4.78 is 17.7. The highest BCUT2D eigenvalue weighted by Gasteiger charge is 1.95. The van der Waals surface area contributed by atoms with Crippen molar-refractivity contribution in [3.05, 3.63) is 0 Å². The lowest BCUT2D eigenvalue weighted by Gasteiger charge is -1.76. The summed E-state index contributed by atoms with van der Waals surface area (Å²) in [4.78, 5) is 0. The van der Waals surface area contributed by atoms with Gasteiger partial charge in [0.1, 0.15) is 0 Å². The average molecular weight is 192 g/mol. The van der Waals surface area contributed by atoms with Crippen LogP contribution in [0, 0.1) is 0 Å². The van der Waals surface area contributed by atoms with Crippen LogP contribution in [-0.4, -0.2) is 30.6 Å². The molecule has 0 bridgehead atoms. The lowest BCUT2D eigenvalue weighted by molar-refractivity contribution is 0.198. The fraction of sp³-hybridized carbons (Fsp3) is 1.00. The maximum Gasteiger partial charge on any atom is 0.197 e. The van der Waals surface area contributed by atoms with Crippen molar-refractivity contribution >= 4 is 12.5 Å². The van der Waals surface area contributed by atoms with E-state index in [1.165, 1.54) is 25.7 Å². The quantitative estimate of drug-likeness (QED) is 0.579. The third-order valence-electron chi connectivity index (χ3n) is 1.65. The number of hydrogen-bond acceptors (Lipinski definition) is 4. The van der Waals surface area contributed by atoms with Gasteiger partial charge in [-0.05, 0) is 25.7 Å². The molecule has 0 N–H and O–H groups in total. The predicted octanol–water partition coefficient (Wildman–Crippen LogP) is 1.26. The van der Waals surface area contributed by atoms with Crippen LogP contribution in [0.2, 0.25) is 0 Å². The van der Waals surface area contributed by atoms with Gasteiger partial charge in [0, 0.05) is 26.4 Å². The van der Waals surface area contributed by atoms with Gasteiger partial charge in [0.05, 0.1) is 0 Å². The maximum absolute atomic E-state index is 7.83. The summed E-state index contributed by atoms with van der Waals surface area (Å²) in [6, 6.07) is 0. The normalized spacial score (nSPS) is 20.3. The van der Waals surface area contributed by atoms with E-state index >= 15 is 0 Å². The molecule has 12 heavy (non-hydrogen) atoms. The Morgan fingerprint density at radius 3 is 1.00 bits per heavy atom. The standard InChI is InChI=1S/2C4H8O.OS/c2*1-2-4-5-3-1;1-2/h2*1-4H2;. The van der Waals surface area contributed by atoms with E-state index in [0.29, 0.717) is 0 Å². The Morgan fingerprint density at radius 1 is 0.667 bits per heavy atom. The summed E-state index contributed by atoms with van der Waals surface area (Å²) in [7, 11) is 0. The number of ether oxygens (including phenoxy) is 2. The van der Waals surface area contributed by atoms with Crippen LogP contribution in [0.3, 0.4) is 0 Å². The van der Waals surface area contributed by atoms with Crippen LogP contribution in [0.25, 0.3) is 0 Å². The zero-order valence-corrected chi connectivity index (χ0v) is 8.11. The maximum atomic E-state index is 7.83. The second-order valence-electron chi connectivity index (χ2n) is 2.64. The molecular weight excluding hydrogens is 176 g/mol. The Hall–Kier alpha value is -0.0600. The molecule has 0 radical (unpaired) electrons. The van der Waals surface area contributed by atoms with Gasteiger partial charge in [-0.25, -0.2) is 0 Å². The molecule has 0 unspecified atom stereocenters. The SMILES string of the molecule is C1CCOC1.C1CCOC1.O=S. The number of rotatable bonds is 0. The topological polar surface area (TPSA) is 35.5 Å². The summed E-state index contributed by atoms with van der Waals surface area (Å²) in [6.07, 6.45) is 5.11. The molecule has 2 saturated heterocycles. The van der Waals surface area contributed by atoms with E-state index < -0.39 is 0 Å². The molecule has 2 rings (SSSR count). The Morgan fingerprint density at radius 2 is 0.917 bits per heavy atom. The molecule has 0 aromatic heterocycles. The highest BCUT2D eigenvalue weighted by Crippen LogP contribution is 1.98. The van der Waals surface area contributed by atoms with E-state index in [0.717, 1.165) is 26.4 Å². The van der Waals surface area contributed by atoms with E-state index in [-0.39, 0.29) is 0 Å². The van der Waals surface area contributed by atoms with Crippen LogP contribution in [0.4, 0.5) is 0 Å². The zero-order chi connectivity index (χ0) is 9.07. The molecule has 0 amide bonds. The minimum Gasteiger partial charge on any atom is -0.381 e. The first-order valence-corrected chi connectivity index (χ1v) is 4.65. The Bertz CT molecular complexity index is 57.2. The second-order valence-corrected chi connectivity index (χ2v) is 2.64. The first-order chi connectivity index (χ1) is 6.00. The molecule has 0 aliphatic carbocycles. The first kappa shape index (κ1) is 11.9. The molecule has 0 saturated carbocycles. The lowest BCUT2D eigenvalue weighted by atomic mass is 10.4. The second kappa shape index (κ2) is 10.9. The molecule has 2 fully saturated rings. The van der Waals surface area contributed by atoms with E-state index in [4.69, 9.17) is 13.7 Å². The van der Waals surface area contributed by atoms with E-state index in [2.05, 4.69) is 12.5 Å². The van der Waals surface area contributed by atoms with Crippen molar-refractivity contribution in [2.45, 2.75) is 25.7 Å². The molecule has 3 nitrogen and oxygen atoms in total. The van der Waals surface area contributed by atoms with Crippen LogP contribution >= 0.6 is 0 Å². The third kappa shape index (κ3) is 8.04. The van der Waals surface area contributed by atoms with Crippen molar-refractivity contribution in [3.8, 4) is 0 Å². The van der Waals surface area contributed by atoms with Gasteiger partial charge < -0.3 is 9.47 Å². The molecule has 72 valence electrons. The highest BCUT2D eigenvalue weighted by atomic mass is 32.1. The summed E-state index contributed by atoms with van der Waals surface area (Å²) in [5.41, 5.74) is 0. The highest BCUT2D eigenvalue weighted by molar-refractivity contribution is 7.44. The van der Waals surface area contributed by atoms with Gasteiger partial charge in [-0.1, -0.05) is 0 Å². The van der Waals surface area contributed by atoms with Gasteiger partial charge in [-0.15, -0.1) is 0 Å². The van der Waals surface area contributed by atoms with Crippen LogP contribution < -0.4 is 0 Å². The Labute approximate surface area is 79.0 Å². The Balaban J connectivity index is 0.000000168. The minimum absolute atomic E-state index is 1.00. The zero-order valence-electron chi connectivity index (χ0n) is 7.29. The van der Waals surface area contributed by atoms with Gasteiger partial charge in [0.2, 0.25) is 0 Å². The molecule has 0 aromatic rings. The predicted molar refractivity (Wildman–Crippen MR) is 48.2 cm³/mol. The summed E-state index contributed by atoms with van der Waals surface area (Å²) >= 11 is 2.83. The van der Waals surface area contributed by atoms with Crippen LogP contribution in [0.5, 0.6) is 0 Å². The average Bonchev–Trinajstić information content (AvgIpc) is 2.87. The molecule has 0 spiro atoms. The van der Waals surface area contributed by atoms with Crippen LogP contribution in [0.1, 0.15) is 25.7 Å². The summed E-state index contributed by atoms with van der Waals surface area (Å²) in [5.74, 6) is 0. The van der Waals surface area contributed by atoms with E-state index in [1.807, 2.05) is 0 Å². The van der Waals surface area contributed by atoms with Crippen molar-refractivity contribution in [1.82, 2.24) is 0 Å². The van der Waals surface area contributed by atoms with Gasteiger partial charge >= 0.3 is 0 Å². The van der Waals surface area contributed by atoms with Gasteiger partial charge in [-0.2, -0.15) is 4.21 Å². The number of hydrogen-bond donors (Lipinski definition) is 0. The molecule has 2 aliphatic heterocycles. The van der Waals surface area contributed by atoms with Crippen molar-refractivity contribution in [2.75, 3.05) is 26.4 Å². The molecular formula is C8H16O3S. The fourth-order valence-electron chi connectivity index (χ4n) is 1.02. The van der Waals surface area contributed by atoms with Gasteiger partial charge in [-0.3, -0.25) is 0 Å². The minimum atomic E-state index is 1.00. The molecule has 0 aromatic carbocycles. The van der Waals surface area contributed by atoms with Crippen molar-refractivity contribution in [3.63, 3.8) is 0 Å². The van der Waals surface area contributed by atoms with Crippen LogP contribution in [0.15, 0.2) is 0 Å². The Kier molecular flexibility index (Phi) is 10.9. The van der Waals surface area contributed by atoms with Crippen LogP contribution in [-0.2, 0) is 22.0 Å². The van der Waals surface area contributed by atoms with Crippen molar-refractivity contribution < 1.29 is 13.7 Å². The van der Waals surface area contributed by atoms with Gasteiger partial charge in [0.25, 0.3) is 0 Å². The summed E-state index contributed by atoms with van der Waals surface area (Å²) in [5, 5.41) is 0. The summed E-state index contributed by atoms with van der Waals surface area (Å²) in [6.45, 7) is 4.00. The molecule has 0 atom stereocenters. The molecule has 2 aliphatic rings. The van der Waals surface area contributed by atoms with Gasteiger partial charge in [0.15, 0.2) is 12.5 Å². The van der Waals surface area contributed by atoms with E-state index in [9.17, 15) is 0 Å². The van der Waals surface area contributed by atoms with Crippen molar-refractivity contribution in [1.29, 1.82) is 0 Å². The van der Waals surface area contributed by atoms with Crippen molar-refractivity contribution in [2.24, 2.45) is 0 Å². The molecule has 2 heterocycles. The fourth-order valence-corrected chi connectivity index (χ4v) is 1.02. The third-order valence-corrected chi connectivity index (χ3v) is 1.65. The molecule has 4 heteroatoms. The smallest absolute Gasteiger partial charge is 0.197 e. The van der Waals surface area contributed by atoms with E-state index in [1.54, 1.807) is 0 Å².